The highest BCUT2D eigenvalue weighted by atomic mass is 35.5. The maximum absolute atomic E-state index is 12.4. The Morgan fingerprint density at radius 1 is 1.00 bits per heavy atom. The standard InChI is InChI=1S/C14H12ClNO5/c15-5-1-3-6(4-2-5)16-13(17)7-8(14(18)19)10-12-11(21-12)9(7)20-10/h1-4,7-12H,(H,16,17)(H,18,19). The number of ether oxygens (including phenoxy) is 2. The smallest absolute Gasteiger partial charge is 0.310 e. The average Bonchev–Trinajstić information content (AvgIpc) is 3.06. The third-order valence-corrected chi connectivity index (χ3v) is 4.57. The van der Waals surface area contributed by atoms with Crippen molar-refractivity contribution in [3.8, 4) is 0 Å². The molecule has 7 heteroatoms. The molecule has 110 valence electrons. The van der Waals surface area contributed by atoms with Crippen LogP contribution in [0.5, 0.6) is 0 Å². The normalized spacial score (nSPS) is 38.9. The molecular formula is C14H12ClNO5. The van der Waals surface area contributed by atoms with Gasteiger partial charge in [0.25, 0.3) is 0 Å². The second-order valence-electron chi connectivity index (χ2n) is 5.52. The van der Waals surface area contributed by atoms with Gasteiger partial charge in [0, 0.05) is 10.7 Å². The van der Waals surface area contributed by atoms with Crippen molar-refractivity contribution >= 4 is 29.2 Å². The summed E-state index contributed by atoms with van der Waals surface area (Å²) in [4.78, 5) is 23.9. The number of anilines is 1. The molecule has 0 radical (unpaired) electrons. The Morgan fingerprint density at radius 3 is 2.19 bits per heavy atom. The minimum absolute atomic E-state index is 0.133. The van der Waals surface area contributed by atoms with E-state index in [9.17, 15) is 14.7 Å². The van der Waals surface area contributed by atoms with Crippen LogP contribution in [0.15, 0.2) is 24.3 Å². The summed E-state index contributed by atoms with van der Waals surface area (Å²) < 4.78 is 11.0. The van der Waals surface area contributed by atoms with Gasteiger partial charge in [0.2, 0.25) is 5.91 Å². The zero-order valence-corrected chi connectivity index (χ0v) is 11.5. The number of rotatable bonds is 3. The lowest BCUT2D eigenvalue weighted by Crippen LogP contribution is -2.44. The Bertz CT molecular complexity index is 618. The SMILES string of the molecule is O=C(O)C1C2OC(C3OC32)C1C(=O)Nc1ccc(Cl)cc1. The molecule has 3 aliphatic heterocycles. The molecule has 21 heavy (non-hydrogen) atoms. The number of nitrogens with one attached hydrogen (secondary N) is 1. The molecule has 1 aromatic carbocycles. The second kappa shape index (κ2) is 4.43. The van der Waals surface area contributed by atoms with Gasteiger partial charge in [-0.1, -0.05) is 11.6 Å². The highest BCUT2D eigenvalue weighted by Crippen LogP contribution is 2.54. The number of amides is 1. The van der Waals surface area contributed by atoms with Crippen LogP contribution in [0.4, 0.5) is 5.69 Å². The van der Waals surface area contributed by atoms with Crippen LogP contribution in [-0.2, 0) is 19.1 Å². The number of carboxylic acids is 1. The molecule has 6 atom stereocenters. The predicted molar refractivity (Wildman–Crippen MR) is 72.0 cm³/mol. The van der Waals surface area contributed by atoms with E-state index < -0.39 is 30.0 Å². The summed E-state index contributed by atoms with van der Waals surface area (Å²) in [5.41, 5.74) is 0.574. The zero-order valence-electron chi connectivity index (χ0n) is 10.7. The number of epoxide rings is 1. The van der Waals surface area contributed by atoms with E-state index in [0.29, 0.717) is 10.7 Å². The molecule has 0 spiro atoms. The summed E-state index contributed by atoms with van der Waals surface area (Å²) in [6.45, 7) is 0. The fourth-order valence-electron chi connectivity index (χ4n) is 3.35. The monoisotopic (exact) mass is 309 g/mol. The van der Waals surface area contributed by atoms with E-state index in [1.807, 2.05) is 0 Å². The van der Waals surface area contributed by atoms with Gasteiger partial charge in [-0.15, -0.1) is 0 Å². The van der Waals surface area contributed by atoms with Crippen molar-refractivity contribution in [3.63, 3.8) is 0 Å². The molecule has 3 aliphatic rings. The molecule has 2 bridgehead atoms. The molecule has 6 unspecified atom stereocenters. The van der Waals surface area contributed by atoms with E-state index in [2.05, 4.69) is 5.32 Å². The van der Waals surface area contributed by atoms with Gasteiger partial charge in [-0.2, -0.15) is 0 Å². The lowest BCUT2D eigenvalue weighted by Gasteiger charge is -2.21. The quantitative estimate of drug-likeness (QED) is 0.818. The lowest BCUT2D eigenvalue weighted by atomic mass is 9.78. The lowest BCUT2D eigenvalue weighted by molar-refractivity contribution is -0.147. The minimum Gasteiger partial charge on any atom is -0.481 e. The van der Waals surface area contributed by atoms with Gasteiger partial charge in [0.05, 0.1) is 17.9 Å². The van der Waals surface area contributed by atoms with Crippen molar-refractivity contribution in [1.29, 1.82) is 0 Å². The number of hydrogen-bond donors (Lipinski definition) is 2. The van der Waals surface area contributed by atoms with E-state index >= 15 is 0 Å². The number of hydrogen-bond acceptors (Lipinski definition) is 4. The van der Waals surface area contributed by atoms with Crippen molar-refractivity contribution in [2.75, 3.05) is 5.32 Å². The molecule has 3 heterocycles. The van der Waals surface area contributed by atoms with Gasteiger partial charge in [0.1, 0.15) is 18.3 Å². The van der Waals surface area contributed by atoms with Crippen LogP contribution in [0.25, 0.3) is 0 Å². The van der Waals surface area contributed by atoms with Crippen LogP contribution in [-0.4, -0.2) is 41.4 Å². The van der Waals surface area contributed by atoms with Crippen molar-refractivity contribution in [1.82, 2.24) is 0 Å². The van der Waals surface area contributed by atoms with E-state index in [-0.39, 0.29) is 18.1 Å². The largest absolute Gasteiger partial charge is 0.481 e. The van der Waals surface area contributed by atoms with Gasteiger partial charge in [-0.3, -0.25) is 9.59 Å². The minimum atomic E-state index is -1.02. The van der Waals surface area contributed by atoms with E-state index in [0.717, 1.165) is 0 Å². The van der Waals surface area contributed by atoms with Crippen molar-refractivity contribution in [2.24, 2.45) is 11.8 Å². The van der Waals surface area contributed by atoms with Gasteiger partial charge in [0.15, 0.2) is 0 Å². The van der Waals surface area contributed by atoms with E-state index in [1.54, 1.807) is 24.3 Å². The van der Waals surface area contributed by atoms with Crippen molar-refractivity contribution in [2.45, 2.75) is 24.4 Å². The molecule has 1 aromatic rings. The van der Waals surface area contributed by atoms with Crippen LogP contribution in [0.3, 0.4) is 0 Å². The number of halogens is 1. The Kier molecular flexibility index (Phi) is 2.76. The topological polar surface area (TPSA) is 88.2 Å². The number of fused-ring (bicyclic) bond motifs is 5. The number of carboxylic acid groups (broad SMARTS) is 1. The molecule has 3 saturated heterocycles. The third kappa shape index (κ3) is 1.94. The summed E-state index contributed by atoms with van der Waals surface area (Å²) >= 11 is 5.79. The number of carbonyl (C=O) groups excluding carboxylic acids is 1. The Labute approximate surface area is 125 Å². The number of carbonyl (C=O) groups is 2. The fourth-order valence-corrected chi connectivity index (χ4v) is 3.48. The number of benzene rings is 1. The van der Waals surface area contributed by atoms with Gasteiger partial charge < -0.3 is 19.9 Å². The maximum atomic E-state index is 12.4. The molecule has 0 aromatic heterocycles. The molecular weight excluding hydrogens is 298 g/mol. The molecule has 6 nitrogen and oxygen atoms in total. The first-order valence-electron chi connectivity index (χ1n) is 6.66. The Hall–Kier alpha value is -1.63. The fraction of sp³-hybridized carbons (Fsp3) is 0.429. The summed E-state index contributed by atoms with van der Waals surface area (Å²) in [5, 5.41) is 12.6. The maximum Gasteiger partial charge on any atom is 0.310 e. The Morgan fingerprint density at radius 2 is 1.57 bits per heavy atom. The van der Waals surface area contributed by atoms with Gasteiger partial charge in [-0.05, 0) is 24.3 Å². The van der Waals surface area contributed by atoms with Crippen LogP contribution in [0, 0.1) is 11.8 Å². The van der Waals surface area contributed by atoms with Crippen LogP contribution < -0.4 is 5.32 Å². The first-order valence-corrected chi connectivity index (χ1v) is 7.04. The molecule has 3 fully saturated rings. The number of aliphatic carboxylic acids is 1. The van der Waals surface area contributed by atoms with Crippen molar-refractivity contribution in [3.05, 3.63) is 29.3 Å². The first-order chi connectivity index (χ1) is 10.1. The van der Waals surface area contributed by atoms with E-state index in [1.165, 1.54) is 0 Å². The molecule has 4 rings (SSSR count). The molecule has 2 N–H and O–H groups in total. The van der Waals surface area contributed by atoms with Crippen molar-refractivity contribution < 1.29 is 24.2 Å². The molecule has 0 saturated carbocycles. The average molecular weight is 310 g/mol. The highest BCUT2D eigenvalue weighted by Gasteiger charge is 2.72. The van der Waals surface area contributed by atoms with Crippen LogP contribution >= 0.6 is 11.6 Å². The predicted octanol–water partition coefficient (Wildman–Crippen LogP) is 1.14. The van der Waals surface area contributed by atoms with E-state index in [4.69, 9.17) is 21.1 Å². The summed E-state index contributed by atoms with van der Waals surface area (Å²) in [6, 6.07) is 6.65. The molecule has 1 amide bonds. The highest BCUT2D eigenvalue weighted by molar-refractivity contribution is 6.30. The van der Waals surface area contributed by atoms with Crippen LogP contribution in [0.1, 0.15) is 0 Å². The molecule has 0 aliphatic carbocycles. The zero-order chi connectivity index (χ0) is 14.7. The first kappa shape index (κ1) is 13.1. The Balaban J connectivity index is 1.55. The van der Waals surface area contributed by atoms with Crippen LogP contribution in [0.2, 0.25) is 5.02 Å². The second-order valence-corrected chi connectivity index (χ2v) is 5.95. The van der Waals surface area contributed by atoms with Gasteiger partial charge >= 0.3 is 5.97 Å². The third-order valence-electron chi connectivity index (χ3n) is 4.32. The summed E-state index contributed by atoms with van der Waals surface area (Å²) in [5.74, 6) is -2.96. The van der Waals surface area contributed by atoms with Gasteiger partial charge in [-0.25, -0.2) is 0 Å². The summed E-state index contributed by atoms with van der Waals surface area (Å²) in [7, 11) is 0. The summed E-state index contributed by atoms with van der Waals surface area (Å²) in [6.07, 6.45) is -1.27.